The van der Waals surface area contributed by atoms with E-state index in [0.717, 1.165) is 10.0 Å². The molecule has 0 spiro atoms. The van der Waals surface area contributed by atoms with Crippen LogP contribution in [0.5, 0.6) is 5.75 Å². The van der Waals surface area contributed by atoms with Crippen LogP contribution in [0.15, 0.2) is 40.9 Å². The van der Waals surface area contributed by atoms with E-state index >= 15 is 0 Å². The SMILES string of the molecule is COc1ccc(Cl)cc1C(=O)Nc1cc(C)cc(Br)c1. The van der Waals surface area contributed by atoms with Crippen molar-refractivity contribution in [3.63, 3.8) is 0 Å². The second kappa shape index (κ2) is 6.29. The van der Waals surface area contributed by atoms with Crippen LogP contribution in [-0.2, 0) is 0 Å². The van der Waals surface area contributed by atoms with Gasteiger partial charge in [0.1, 0.15) is 5.75 Å². The zero-order valence-electron chi connectivity index (χ0n) is 11.0. The highest BCUT2D eigenvalue weighted by Gasteiger charge is 2.13. The first kappa shape index (κ1) is 14.9. The Morgan fingerprint density at radius 2 is 2.00 bits per heavy atom. The third kappa shape index (κ3) is 3.52. The standard InChI is InChI=1S/C15H13BrClNO2/c1-9-5-10(16)7-12(6-9)18-15(19)13-8-11(17)3-4-14(13)20-2/h3-8H,1-2H3,(H,18,19). The molecule has 1 N–H and O–H groups in total. The average Bonchev–Trinajstić information content (AvgIpc) is 2.37. The van der Waals surface area contributed by atoms with Crippen molar-refractivity contribution in [2.45, 2.75) is 6.92 Å². The molecule has 0 saturated heterocycles. The maximum Gasteiger partial charge on any atom is 0.259 e. The summed E-state index contributed by atoms with van der Waals surface area (Å²) in [7, 11) is 1.52. The summed E-state index contributed by atoms with van der Waals surface area (Å²) in [5.74, 6) is 0.223. The molecule has 0 aromatic heterocycles. The summed E-state index contributed by atoms with van der Waals surface area (Å²) in [5, 5.41) is 3.32. The van der Waals surface area contributed by atoms with E-state index < -0.39 is 0 Å². The van der Waals surface area contributed by atoms with Gasteiger partial charge in [0.2, 0.25) is 0 Å². The number of aryl methyl sites for hydroxylation is 1. The van der Waals surface area contributed by atoms with E-state index in [1.54, 1.807) is 18.2 Å². The molecule has 3 nitrogen and oxygen atoms in total. The minimum Gasteiger partial charge on any atom is -0.496 e. The van der Waals surface area contributed by atoms with E-state index in [2.05, 4.69) is 21.2 Å². The molecule has 2 rings (SSSR count). The number of hydrogen-bond donors (Lipinski definition) is 1. The van der Waals surface area contributed by atoms with Crippen molar-refractivity contribution in [3.05, 3.63) is 57.0 Å². The van der Waals surface area contributed by atoms with Gasteiger partial charge in [-0.3, -0.25) is 4.79 Å². The first-order valence-corrected chi connectivity index (χ1v) is 7.09. The van der Waals surface area contributed by atoms with Gasteiger partial charge in [0.15, 0.2) is 0 Å². The number of rotatable bonds is 3. The Hall–Kier alpha value is -1.52. The number of carbonyl (C=O) groups excluding carboxylic acids is 1. The van der Waals surface area contributed by atoms with Crippen molar-refractivity contribution < 1.29 is 9.53 Å². The molecule has 0 fully saturated rings. The maximum absolute atomic E-state index is 12.3. The van der Waals surface area contributed by atoms with Gasteiger partial charge in [-0.2, -0.15) is 0 Å². The average molecular weight is 355 g/mol. The number of hydrogen-bond acceptors (Lipinski definition) is 2. The summed E-state index contributed by atoms with van der Waals surface area (Å²) in [6.07, 6.45) is 0. The minimum atomic E-state index is -0.262. The summed E-state index contributed by atoms with van der Waals surface area (Å²) in [6.45, 7) is 1.96. The number of carbonyl (C=O) groups is 1. The van der Waals surface area contributed by atoms with Crippen LogP contribution in [0, 0.1) is 6.92 Å². The minimum absolute atomic E-state index is 0.262. The molecule has 2 aromatic rings. The lowest BCUT2D eigenvalue weighted by molar-refractivity contribution is 0.102. The Morgan fingerprint density at radius 1 is 1.25 bits per heavy atom. The van der Waals surface area contributed by atoms with E-state index in [1.165, 1.54) is 7.11 Å². The molecule has 0 saturated carbocycles. The third-order valence-corrected chi connectivity index (χ3v) is 3.40. The first-order valence-electron chi connectivity index (χ1n) is 5.91. The van der Waals surface area contributed by atoms with Crippen LogP contribution in [0.1, 0.15) is 15.9 Å². The zero-order valence-corrected chi connectivity index (χ0v) is 13.4. The molecular weight excluding hydrogens is 342 g/mol. The Balaban J connectivity index is 2.30. The van der Waals surface area contributed by atoms with Gasteiger partial charge in [-0.05, 0) is 48.9 Å². The third-order valence-electron chi connectivity index (χ3n) is 2.71. The van der Waals surface area contributed by atoms with Crippen LogP contribution in [0.25, 0.3) is 0 Å². The monoisotopic (exact) mass is 353 g/mol. The predicted octanol–water partition coefficient (Wildman–Crippen LogP) is 4.67. The predicted molar refractivity (Wildman–Crippen MR) is 84.8 cm³/mol. The van der Waals surface area contributed by atoms with Crippen LogP contribution < -0.4 is 10.1 Å². The molecule has 104 valence electrons. The number of methoxy groups -OCH3 is 1. The molecule has 0 heterocycles. The maximum atomic E-state index is 12.3. The second-order valence-electron chi connectivity index (χ2n) is 4.32. The molecule has 1 amide bonds. The molecule has 0 radical (unpaired) electrons. The Bertz CT molecular complexity index is 638. The van der Waals surface area contributed by atoms with Crippen molar-refractivity contribution in [1.82, 2.24) is 0 Å². The molecule has 0 unspecified atom stereocenters. The molecule has 0 atom stereocenters. The van der Waals surface area contributed by atoms with Gasteiger partial charge in [0, 0.05) is 15.2 Å². The van der Waals surface area contributed by atoms with Gasteiger partial charge in [-0.1, -0.05) is 27.5 Å². The van der Waals surface area contributed by atoms with Gasteiger partial charge >= 0.3 is 0 Å². The van der Waals surface area contributed by atoms with E-state index in [4.69, 9.17) is 16.3 Å². The van der Waals surface area contributed by atoms with Crippen molar-refractivity contribution >= 4 is 39.1 Å². The number of halogens is 2. The lowest BCUT2D eigenvalue weighted by Crippen LogP contribution is -2.13. The summed E-state index contributed by atoms with van der Waals surface area (Å²) in [5.41, 5.74) is 2.16. The Labute approximate surface area is 131 Å². The summed E-state index contributed by atoms with van der Waals surface area (Å²) in [6, 6.07) is 10.6. The zero-order chi connectivity index (χ0) is 14.7. The van der Waals surface area contributed by atoms with Crippen LogP contribution in [0.4, 0.5) is 5.69 Å². The van der Waals surface area contributed by atoms with Crippen LogP contribution in [0.2, 0.25) is 5.02 Å². The number of benzene rings is 2. The number of anilines is 1. The largest absolute Gasteiger partial charge is 0.496 e. The molecule has 0 bridgehead atoms. The number of ether oxygens (including phenoxy) is 1. The molecule has 5 heteroatoms. The number of nitrogens with one attached hydrogen (secondary N) is 1. The van der Waals surface area contributed by atoms with E-state index in [-0.39, 0.29) is 5.91 Å². The second-order valence-corrected chi connectivity index (χ2v) is 5.67. The Morgan fingerprint density at radius 3 is 2.65 bits per heavy atom. The highest BCUT2D eigenvalue weighted by molar-refractivity contribution is 9.10. The summed E-state index contributed by atoms with van der Waals surface area (Å²) >= 11 is 9.33. The van der Waals surface area contributed by atoms with Crippen molar-refractivity contribution in [2.24, 2.45) is 0 Å². The topological polar surface area (TPSA) is 38.3 Å². The fraction of sp³-hybridized carbons (Fsp3) is 0.133. The molecule has 2 aromatic carbocycles. The highest BCUT2D eigenvalue weighted by atomic mass is 79.9. The lowest BCUT2D eigenvalue weighted by Gasteiger charge is -2.10. The molecule has 20 heavy (non-hydrogen) atoms. The smallest absolute Gasteiger partial charge is 0.259 e. The van der Waals surface area contributed by atoms with Gasteiger partial charge < -0.3 is 10.1 Å². The van der Waals surface area contributed by atoms with Crippen LogP contribution >= 0.6 is 27.5 Å². The molecule has 0 aliphatic rings. The first-order chi connectivity index (χ1) is 9.49. The fourth-order valence-electron chi connectivity index (χ4n) is 1.86. The molecular formula is C15H13BrClNO2. The van der Waals surface area contributed by atoms with E-state index in [9.17, 15) is 4.79 Å². The summed E-state index contributed by atoms with van der Waals surface area (Å²) < 4.78 is 6.09. The number of amides is 1. The van der Waals surface area contributed by atoms with Crippen LogP contribution in [-0.4, -0.2) is 13.0 Å². The fourth-order valence-corrected chi connectivity index (χ4v) is 2.64. The van der Waals surface area contributed by atoms with Gasteiger partial charge in [-0.25, -0.2) is 0 Å². The summed E-state index contributed by atoms with van der Waals surface area (Å²) in [4.78, 5) is 12.3. The van der Waals surface area contributed by atoms with Gasteiger partial charge in [-0.15, -0.1) is 0 Å². The Kier molecular flexibility index (Phi) is 4.68. The normalized spacial score (nSPS) is 10.2. The highest BCUT2D eigenvalue weighted by Crippen LogP contribution is 2.25. The molecule has 0 aliphatic carbocycles. The van der Waals surface area contributed by atoms with Gasteiger partial charge in [0.05, 0.1) is 12.7 Å². The quantitative estimate of drug-likeness (QED) is 0.869. The van der Waals surface area contributed by atoms with Crippen LogP contribution in [0.3, 0.4) is 0 Å². The van der Waals surface area contributed by atoms with Gasteiger partial charge in [0.25, 0.3) is 5.91 Å². The van der Waals surface area contributed by atoms with Crippen molar-refractivity contribution in [1.29, 1.82) is 0 Å². The van der Waals surface area contributed by atoms with E-state index in [0.29, 0.717) is 22.0 Å². The lowest BCUT2D eigenvalue weighted by atomic mass is 10.1. The molecule has 0 aliphatic heterocycles. The van der Waals surface area contributed by atoms with E-state index in [1.807, 2.05) is 25.1 Å². The van der Waals surface area contributed by atoms with Crippen molar-refractivity contribution in [3.8, 4) is 5.75 Å². The van der Waals surface area contributed by atoms with Crippen molar-refractivity contribution in [2.75, 3.05) is 12.4 Å².